The lowest BCUT2D eigenvalue weighted by Crippen LogP contribution is -2.44. The number of nitrogens with one attached hydrogen (secondary N) is 1. The molecule has 7 heteroatoms. The minimum Gasteiger partial charge on any atom is -0.465 e. The summed E-state index contributed by atoms with van der Waals surface area (Å²) in [4.78, 5) is 35.6. The molecule has 2 N–H and O–H groups in total. The Labute approximate surface area is 240 Å². The number of rotatable bonds is 23. The van der Waals surface area contributed by atoms with Crippen LogP contribution in [0, 0.1) is 0 Å². The quantitative estimate of drug-likeness (QED) is 0.0977. The Kier molecular flexibility index (Phi) is 25.5. The van der Waals surface area contributed by atoms with Crippen LogP contribution in [0.5, 0.6) is 0 Å². The minimum atomic E-state index is -1.13. The Morgan fingerprint density at radius 3 is 1.46 bits per heavy atom. The zero-order valence-electron chi connectivity index (χ0n) is 26.1. The second-order valence-electron chi connectivity index (χ2n) is 11.5. The SMILES string of the molecule is CCCCCCCCCCCCCCCCCCCCCC(=O)NC(CC)N(C)C.O=C(O)N1CCCC1=O. The molecular weight excluding hydrogens is 490 g/mol. The molecule has 0 aromatic heterocycles. The molecule has 0 aliphatic carbocycles. The van der Waals surface area contributed by atoms with Crippen molar-refractivity contribution in [2.24, 2.45) is 0 Å². The molecule has 0 aromatic rings. The second kappa shape index (κ2) is 26.6. The molecule has 1 fully saturated rings. The monoisotopic (exact) mass is 553 g/mol. The number of carbonyl (C=O) groups excluding carboxylic acids is 2. The number of unbranched alkanes of at least 4 members (excludes halogenated alkanes) is 18. The predicted octanol–water partition coefficient (Wildman–Crippen LogP) is 8.51. The maximum Gasteiger partial charge on any atom is 0.414 e. The largest absolute Gasteiger partial charge is 0.465 e. The third-order valence-electron chi connectivity index (χ3n) is 7.65. The summed E-state index contributed by atoms with van der Waals surface area (Å²) < 4.78 is 0. The van der Waals surface area contributed by atoms with Crippen molar-refractivity contribution in [2.45, 2.75) is 168 Å². The van der Waals surface area contributed by atoms with Gasteiger partial charge in [-0.2, -0.15) is 0 Å². The maximum absolute atomic E-state index is 12.0. The summed E-state index contributed by atoms with van der Waals surface area (Å²) in [5.74, 6) is -0.0648. The van der Waals surface area contributed by atoms with Crippen LogP contribution in [0.2, 0.25) is 0 Å². The van der Waals surface area contributed by atoms with Crippen LogP contribution in [0.3, 0.4) is 0 Å². The summed E-state index contributed by atoms with van der Waals surface area (Å²) in [7, 11) is 4.04. The van der Waals surface area contributed by atoms with Crippen LogP contribution in [0.15, 0.2) is 0 Å². The molecule has 0 bridgehead atoms. The van der Waals surface area contributed by atoms with Crippen LogP contribution in [-0.4, -0.2) is 59.6 Å². The van der Waals surface area contributed by atoms with E-state index in [9.17, 15) is 14.4 Å². The Bertz CT molecular complexity index is 612. The van der Waals surface area contributed by atoms with E-state index in [1.54, 1.807) is 0 Å². The van der Waals surface area contributed by atoms with Crippen molar-refractivity contribution in [1.82, 2.24) is 15.1 Å². The second-order valence-corrected chi connectivity index (χ2v) is 11.5. The first-order valence-corrected chi connectivity index (χ1v) is 16.3. The molecule has 0 radical (unpaired) electrons. The van der Waals surface area contributed by atoms with Gasteiger partial charge in [0.1, 0.15) is 0 Å². The number of amides is 3. The van der Waals surface area contributed by atoms with Crippen molar-refractivity contribution in [3.05, 3.63) is 0 Å². The van der Waals surface area contributed by atoms with E-state index in [0.717, 1.165) is 17.7 Å². The number of carbonyl (C=O) groups is 3. The van der Waals surface area contributed by atoms with Crippen molar-refractivity contribution in [1.29, 1.82) is 0 Å². The molecule has 3 amide bonds. The summed E-state index contributed by atoms with van der Waals surface area (Å²) in [6, 6.07) is 0. The van der Waals surface area contributed by atoms with Crippen LogP contribution in [-0.2, 0) is 9.59 Å². The molecule has 230 valence electrons. The van der Waals surface area contributed by atoms with E-state index in [-0.39, 0.29) is 18.0 Å². The van der Waals surface area contributed by atoms with E-state index in [0.29, 0.717) is 25.8 Å². The fraction of sp³-hybridized carbons (Fsp3) is 0.906. The zero-order valence-corrected chi connectivity index (χ0v) is 26.1. The van der Waals surface area contributed by atoms with Gasteiger partial charge in [0.05, 0.1) is 6.17 Å². The van der Waals surface area contributed by atoms with E-state index < -0.39 is 6.09 Å². The molecule has 39 heavy (non-hydrogen) atoms. The first-order chi connectivity index (χ1) is 18.8. The Balaban J connectivity index is 0.00000134. The molecule has 1 aliphatic rings. The lowest BCUT2D eigenvalue weighted by Gasteiger charge is -2.23. The number of likely N-dealkylation sites (tertiary alicyclic amines) is 1. The summed E-state index contributed by atoms with van der Waals surface area (Å²) in [5.41, 5.74) is 0. The fourth-order valence-electron chi connectivity index (χ4n) is 5.07. The van der Waals surface area contributed by atoms with Gasteiger partial charge in [0, 0.05) is 19.4 Å². The normalized spacial score (nSPS) is 13.9. The van der Waals surface area contributed by atoms with Gasteiger partial charge in [-0.3, -0.25) is 14.5 Å². The predicted molar refractivity (Wildman–Crippen MR) is 163 cm³/mol. The number of imide groups is 1. The Morgan fingerprint density at radius 2 is 1.18 bits per heavy atom. The lowest BCUT2D eigenvalue weighted by atomic mass is 10.0. The van der Waals surface area contributed by atoms with Gasteiger partial charge in [-0.15, -0.1) is 0 Å². The molecule has 1 heterocycles. The highest BCUT2D eigenvalue weighted by Crippen LogP contribution is 2.15. The highest BCUT2D eigenvalue weighted by molar-refractivity contribution is 5.92. The van der Waals surface area contributed by atoms with Gasteiger partial charge < -0.3 is 10.4 Å². The summed E-state index contributed by atoms with van der Waals surface area (Å²) in [6.45, 7) is 4.77. The maximum atomic E-state index is 12.0. The topological polar surface area (TPSA) is 89.9 Å². The summed E-state index contributed by atoms with van der Waals surface area (Å²) in [5, 5.41) is 11.4. The zero-order chi connectivity index (χ0) is 29.1. The summed E-state index contributed by atoms with van der Waals surface area (Å²) in [6.07, 6.45) is 28.1. The third-order valence-corrected chi connectivity index (χ3v) is 7.65. The van der Waals surface area contributed by atoms with Gasteiger partial charge in [-0.1, -0.05) is 129 Å². The lowest BCUT2D eigenvalue weighted by molar-refractivity contribution is -0.126. The van der Waals surface area contributed by atoms with Crippen LogP contribution in [0.4, 0.5) is 4.79 Å². The molecule has 7 nitrogen and oxygen atoms in total. The van der Waals surface area contributed by atoms with Gasteiger partial charge in [0.2, 0.25) is 11.8 Å². The number of carboxylic acid groups (broad SMARTS) is 1. The van der Waals surface area contributed by atoms with Crippen molar-refractivity contribution >= 4 is 17.9 Å². The van der Waals surface area contributed by atoms with Gasteiger partial charge >= 0.3 is 6.09 Å². The first kappa shape index (κ1) is 37.4. The van der Waals surface area contributed by atoms with Crippen LogP contribution in [0.25, 0.3) is 0 Å². The van der Waals surface area contributed by atoms with Crippen molar-refractivity contribution in [3.63, 3.8) is 0 Å². The molecule has 1 unspecified atom stereocenters. The molecule has 0 aromatic carbocycles. The van der Waals surface area contributed by atoms with Gasteiger partial charge in [-0.05, 0) is 33.4 Å². The molecule has 1 rings (SSSR count). The molecule has 0 saturated carbocycles. The van der Waals surface area contributed by atoms with E-state index in [1.807, 2.05) is 14.1 Å². The highest BCUT2D eigenvalue weighted by atomic mass is 16.4. The summed E-state index contributed by atoms with van der Waals surface area (Å²) >= 11 is 0. The minimum absolute atomic E-state index is 0.179. The van der Waals surface area contributed by atoms with E-state index in [1.165, 1.54) is 116 Å². The molecule has 0 spiro atoms. The van der Waals surface area contributed by atoms with E-state index >= 15 is 0 Å². The number of hydrogen-bond acceptors (Lipinski definition) is 4. The molecular formula is C32H63N3O4. The third kappa shape index (κ3) is 22.8. The average Bonchev–Trinajstić information content (AvgIpc) is 3.35. The number of hydrogen-bond donors (Lipinski definition) is 2. The first-order valence-electron chi connectivity index (χ1n) is 16.3. The van der Waals surface area contributed by atoms with E-state index in [2.05, 4.69) is 24.1 Å². The smallest absolute Gasteiger partial charge is 0.414 e. The van der Waals surface area contributed by atoms with Crippen molar-refractivity contribution in [2.75, 3.05) is 20.6 Å². The Hall–Kier alpha value is -1.63. The van der Waals surface area contributed by atoms with Gasteiger partial charge in [0.15, 0.2) is 0 Å². The average molecular weight is 554 g/mol. The van der Waals surface area contributed by atoms with Crippen LogP contribution < -0.4 is 5.32 Å². The van der Waals surface area contributed by atoms with Crippen LogP contribution in [0.1, 0.15) is 162 Å². The van der Waals surface area contributed by atoms with Gasteiger partial charge in [0.25, 0.3) is 0 Å². The number of nitrogens with zero attached hydrogens (tertiary/aromatic N) is 2. The standard InChI is InChI=1S/C27H56N2O.C5H7NO3/c1-5-7-8-9-10-11-12-13-14-15-16-17-18-19-20-21-22-23-24-25-27(30)28-26(6-2)29(3)4;7-4-2-1-3-6(4)5(8)9/h26H,5-25H2,1-4H3,(H,28,30);1-3H2,(H,8,9). The van der Waals surface area contributed by atoms with Crippen LogP contribution >= 0.6 is 0 Å². The Morgan fingerprint density at radius 1 is 0.769 bits per heavy atom. The fourth-order valence-corrected chi connectivity index (χ4v) is 5.07. The van der Waals surface area contributed by atoms with E-state index in [4.69, 9.17) is 5.11 Å². The van der Waals surface area contributed by atoms with Crippen molar-refractivity contribution < 1.29 is 19.5 Å². The molecule has 1 aliphatic heterocycles. The highest BCUT2D eigenvalue weighted by Gasteiger charge is 2.25. The molecule has 1 atom stereocenters. The van der Waals surface area contributed by atoms with Crippen molar-refractivity contribution in [3.8, 4) is 0 Å². The van der Waals surface area contributed by atoms with Gasteiger partial charge in [-0.25, -0.2) is 9.69 Å². The molecule has 1 saturated heterocycles.